The largest absolute Gasteiger partial charge is 0.508 e. The van der Waals surface area contributed by atoms with E-state index in [0.29, 0.717) is 6.54 Å². The molecule has 0 aliphatic carbocycles. The number of rotatable bonds is 8. The van der Waals surface area contributed by atoms with E-state index in [9.17, 15) is 10.2 Å². The minimum atomic E-state index is 0.190. The molecular formula is C49H37N3O3. The lowest BCUT2D eigenvalue weighted by Gasteiger charge is -2.33. The van der Waals surface area contributed by atoms with Crippen molar-refractivity contribution in [3.05, 3.63) is 206 Å². The van der Waals surface area contributed by atoms with Crippen LogP contribution in [0.1, 0.15) is 0 Å². The number of hydrogen-bond acceptors (Lipinski definition) is 5. The first-order valence-corrected chi connectivity index (χ1v) is 18.2. The van der Waals surface area contributed by atoms with Crippen LogP contribution in [0.25, 0.3) is 38.6 Å². The lowest BCUT2D eigenvalue weighted by molar-refractivity contribution is 0.402. The molecule has 55 heavy (non-hydrogen) atoms. The summed E-state index contributed by atoms with van der Waals surface area (Å²) in [5, 5.41) is 22.8. The van der Waals surface area contributed by atoms with Gasteiger partial charge in [-0.05, 0) is 120 Å². The zero-order chi connectivity index (χ0) is 37.3. The lowest BCUT2D eigenvalue weighted by atomic mass is 10.0. The van der Waals surface area contributed by atoms with Crippen molar-refractivity contribution >= 4 is 44.6 Å². The summed E-state index contributed by atoms with van der Waals surface area (Å²) in [5.74, 6) is 1.97. The second-order valence-electron chi connectivity index (χ2n) is 13.4. The van der Waals surface area contributed by atoms with Crippen LogP contribution < -0.4 is 14.5 Å². The van der Waals surface area contributed by atoms with E-state index in [1.54, 1.807) is 24.3 Å². The molecule has 0 fully saturated rings. The molecule has 8 aromatic rings. The Kier molecular flexibility index (Phi) is 8.61. The number of nitrogens with zero attached hydrogens (tertiary/aromatic N) is 3. The Morgan fingerprint density at radius 1 is 0.600 bits per heavy atom. The molecule has 0 radical (unpaired) electrons. The second-order valence-corrected chi connectivity index (χ2v) is 13.4. The van der Waals surface area contributed by atoms with Gasteiger partial charge in [-0.2, -0.15) is 0 Å². The van der Waals surface area contributed by atoms with E-state index in [-0.39, 0.29) is 11.5 Å². The number of ether oxygens (including phenoxy) is 1. The van der Waals surface area contributed by atoms with Gasteiger partial charge < -0.3 is 29.3 Å². The van der Waals surface area contributed by atoms with Crippen LogP contribution in [0.3, 0.4) is 0 Å². The summed E-state index contributed by atoms with van der Waals surface area (Å²) in [6.07, 6.45) is 5.80. The van der Waals surface area contributed by atoms with Gasteiger partial charge in [-0.15, -0.1) is 0 Å². The first kappa shape index (κ1) is 33.4. The van der Waals surface area contributed by atoms with Gasteiger partial charge in [0.2, 0.25) is 0 Å². The molecule has 7 aromatic carbocycles. The molecule has 266 valence electrons. The van der Waals surface area contributed by atoms with Crippen molar-refractivity contribution in [1.82, 2.24) is 4.57 Å². The fourth-order valence-electron chi connectivity index (χ4n) is 7.47. The summed E-state index contributed by atoms with van der Waals surface area (Å²) < 4.78 is 8.78. The highest BCUT2D eigenvalue weighted by Gasteiger charge is 2.24. The summed E-state index contributed by atoms with van der Waals surface area (Å²) in [5.41, 5.74) is 9.97. The average molecular weight is 716 g/mol. The first-order chi connectivity index (χ1) is 27.0. The van der Waals surface area contributed by atoms with Gasteiger partial charge in [0, 0.05) is 45.3 Å². The number of allylic oxidation sites excluding steroid dienone is 3. The standard InChI is InChI=1S/C49H37N3O3/c1-2-11-40(31-43-33-50(36-12-5-3-6-13-36)48-16-9-10-17-49(48)55-43)51(39-23-25-41(53)26-24-39)38-21-18-34(19-22-38)35-20-28-46-44(30-35)45-32-42(54)27-29-47(45)52(46)37-14-7-4-8-15-37/h2-32,53-54H,1,33H2/b40-11+,43-31+. The van der Waals surface area contributed by atoms with Crippen LogP contribution in [-0.2, 0) is 0 Å². The molecule has 0 atom stereocenters. The van der Waals surface area contributed by atoms with Crippen molar-refractivity contribution < 1.29 is 14.9 Å². The van der Waals surface area contributed by atoms with Crippen molar-refractivity contribution in [3.63, 3.8) is 0 Å². The molecule has 9 rings (SSSR count). The predicted octanol–water partition coefficient (Wildman–Crippen LogP) is 12.2. The van der Waals surface area contributed by atoms with Crippen molar-refractivity contribution in [1.29, 1.82) is 0 Å². The minimum Gasteiger partial charge on any atom is -0.508 e. The highest BCUT2D eigenvalue weighted by atomic mass is 16.5. The molecule has 0 bridgehead atoms. The summed E-state index contributed by atoms with van der Waals surface area (Å²) in [7, 11) is 0. The predicted molar refractivity (Wildman–Crippen MR) is 225 cm³/mol. The highest BCUT2D eigenvalue weighted by Crippen LogP contribution is 2.41. The maximum Gasteiger partial charge on any atom is 0.150 e. The molecular weight excluding hydrogens is 679 g/mol. The molecule has 6 heteroatoms. The van der Waals surface area contributed by atoms with Gasteiger partial charge in [0.05, 0.1) is 23.3 Å². The zero-order valence-electron chi connectivity index (χ0n) is 30.0. The Bertz CT molecular complexity index is 2730. The van der Waals surface area contributed by atoms with E-state index in [4.69, 9.17) is 4.74 Å². The van der Waals surface area contributed by atoms with Gasteiger partial charge in [0.15, 0.2) is 5.75 Å². The fraction of sp³-hybridized carbons (Fsp3) is 0.0204. The summed E-state index contributed by atoms with van der Waals surface area (Å²) in [6, 6.07) is 56.4. The van der Waals surface area contributed by atoms with Crippen LogP contribution in [0, 0.1) is 0 Å². The number of hydrogen-bond donors (Lipinski definition) is 2. The quantitative estimate of drug-likeness (QED) is 0.153. The molecule has 2 N–H and O–H groups in total. The molecule has 0 spiro atoms. The number of anilines is 4. The molecule has 0 saturated heterocycles. The Hall–Kier alpha value is -7.44. The number of aromatic hydroxyl groups is 2. The third kappa shape index (κ3) is 6.36. The summed E-state index contributed by atoms with van der Waals surface area (Å²) >= 11 is 0. The third-order valence-corrected chi connectivity index (χ3v) is 9.96. The van der Waals surface area contributed by atoms with Crippen LogP contribution in [0.2, 0.25) is 0 Å². The Balaban J connectivity index is 1.11. The maximum absolute atomic E-state index is 10.5. The van der Waals surface area contributed by atoms with Crippen molar-refractivity contribution in [2.45, 2.75) is 0 Å². The van der Waals surface area contributed by atoms with Gasteiger partial charge in [0.25, 0.3) is 0 Å². The van der Waals surface area contributed by atoms with Crippen molar-refractivity contribution in [3.8, 4) is 34.1 Å². The zero-order valence-corrected chi connectivity index (χ0v) is 30.0. The van der Waals surface area contributed by atoms with Gasteiger partial charge in [0.1, 0.15) is 17.3 Å². The van der Waals surface area contributed by atoms with Crippen LogP contribution in [0.5, 0.6) is 17.2 Å². The van der Waals surface area contributed by atoms with Gasteiger partial charge in [-0.25, -0.2) is 0 Å². The van der Waals surface area contributed by atoms with Crippen LogP contribution >= 0.6 is 0 Å². The van der Waals surface area contributed by atoms with E-state index in [1.807, 2.05) is 84.9 Å². The van der Waals surface area contributed by atoms with E-state index >= 15 is 0 Å². The van der Waals surface area contributed by atoms with E-state index in [0.717, 1.165) is 78.6 Å². The SMILES string of the molecule is C=C/C=C(\C=C1/CN(c2ccccc2)c2ccccc2O1)N(c1ccc(O)cc1)c1ccc(-c2ccc3c(c2)c2cc(O)ccc2n3-c2ccccc2)cc1. The number of phenols is 2. The van der Waals surface area contributed by atoms with Gasteiger partial charge >= 0.3 is 0 Å². The third-order valence-electron chi connectivity index (χ3n) is 9.96. The van der Waals surface area contributed by atoms with Gasteiger partial charge in [-0.3, -0.25) is 0 Å². The fourth-order valence-corrected chi connectivity index (χ4v) is 7.47. The summed E-state index contributed by atoms with van der Waals surface area (Å²) in [6.45, 7) is 4.59. The number of benzene rings is 7. The average Bonchev–Trinajstić information content (AvgIpc) is 3.55. The Labute approximate surface area is 319 Å². The highest BCUT2D eigenvalue weighted by molar-refractivity contribution is 6.11. The Morgan fingerprint density at radius 2 is 1.18 bits per heavy atom. The van der Waals surface area contributed by atoms with Crippen LogP contribution in [-0.4, -0.2) is 21.3 Å². The molecule has 1 aromatic heterocycles. The molecule has 0 amide bonds. The van der Waals surface area contributed by atoms with Crippen molar-refractivity contribution in [2.75, 3.05) is 16.3 Å². The molecule has 0 unspecified atom stereocenters. The van der Waals surface area contributed by atoms with Crippen LogP contribution in [0.15, 0.2) is 206 Å². The molecule has 1 aliphatic heterocycles. The van der Waals surface area contributed by atoms with E-state index in [2.05, 4.69) is 99.8 Å². The molecule has 2 heterocycles. The number of phenolic OH excluding ortho intramolecular Hbond substituents is 2. The van der Waals surface area contributed by atoms with Crippen molar-refractivity contribution in [2.24, 2.45) is 0 Å². The number of fused-ring (bicyclic) bond motifs is 4. The van der Waals surface area contributed by atoms with E-state index in [1.165, 1.54) is 0 Å². The second kappa shape index (κ2) is 14.2. The maximum atomic E-state index is 10.5. The van der Waals surface area contributed by atoms with Crippen LogP contribution in [0.4, 0.5) is 22.7 Å². The minimum absolute atomic E-state index is 0.190. The Morgan fingerprint density at radius 3 is 1.89 bits per heavy atom. The van der Waals surface area contributed by atoms with Gasteiger partial charge in [-0.1, -0.05) is 79.4 Å². The molecule has 6 nitrogen and oxygen atoms in total. The smallest absolute Gasteiger partial charge is 0.150 e. The monoisotopic (exact) mass is 715 g/mol. The topological polar surface area (TPSA) is 61.1 Å². The number of aromatic nitrogens is 1. The van der Waals surface area contributed by atoms with E-state index < -0.39 is 0 Å². The number of para-hydroxylation sites is 4. The lowest BCUT2D eigenvalue weighted by Crippen LogP contribution is -2.28. The molecule has 0 saturated carbocycles. The normalized spacial score (nSPS) is 13.5. The summed E-state index contributed by atoms with van der Waals surface area (Å²) in [4.78, 5) is 4.39. The first-order valence-electron chi connectivity index (χ1n) is 18.2. The molecule has 1 aliphatic rings.